The van der Waals surface area contributed by atoms with Gasteiger partial charge in [0.2, 0.25) is 0 Å². The van der Waals surface area contributed by atoms with Crippen molar-refractivity contribution in [3.63, 3.8) is 0 Å². The zero-order chi connectivity index (χ0) is 30.1. The maximum Gasteiger partial charge on any atom is 0.137 e. The molecule has 0 radical (unpaired) electrons. The Bertz CT molecular complexity index is 1900. The number of ether oxygens (including phenoxy) is 1. The van der Waals surface area contributed by atoms with E-state index in [1.807, 2.05) is 28.9 Å². The van der Waals surface area contributed by atoms with Crippen LogP contribution in [-0.2, 0) is 23.4 Å². The highest BCUT2D eigenvalue weighted by Crippen LogP contribution is 2.42. The molecule has 0 unspecified atom stereocenters. The molecule has 44 heavy (non-hydrogen) atoms. The molecule has 1 N–H and O–H groups in total. The van der Waals surface area contributed by atoms with Crippen molar-refractivity contribution in [1.29, 1.82) is 0 Å². The SMILES string of the molecule is Fc1ccc(-c2nn3cc(CNC[C@@H]4CO[C@](Cn5cncn5)(c5ccc(F)cc5F)C4)ccc3c2-c2ccncc2)cc1. The molecular formula is C33H28F3N7O. The van der Waals surface area contributed by atoms with Crippen LogP contribution >= 0.6 is 0 Å². The number of nitrogens with one attached hydrogen (secondary N) is 1. The highest BCUT2D eigenvalue weighted by Gasteiger charge is 2.44. The molecular weight excluding hydrogens is 567 g/mol. The first-order chi connectivity index (χ1) is 21.5. The van der Waals surface area contributed by atoms with Crippen LogP contribution < -0.4 is 5.32 Å². The molecule has 1 fully saturated rings. The minimum Gasteiger partial charge on any atom is -0.368 e. The van der Waals surface area contributed by atoms with E-state index in [0.29, 0.717) is 31.7 Å². The van der Waals surface area contributed by atoms with Crippen molar-refractivity contribution in [3.05, 3.63) is 127 Å². The van der Waals surface area contributed by atoms with Crippen LogP contribution in [0, 0.1) is 23.4 Å². The molecule has 4 aromatic heterocycles. The van der Waals surface area contributed by atoms with Crippen molar-refractivity contribution >= 4 is 5.52 Å². The van der Waals surface area contributed by atoms with Crippen molar-refractivity contribution in [2.75, 3.05) is 13.2 Å². The number of rotatable bonds is 9. The van der Waals surface area contributed by atoms with Crippen LogP contribution in [-0.4, -0.2) is 42.5 Å². The lowest BCUT2D eigenvalue weighted by Gasteiger charge is -2.29. The summed E-state index contributed by atoms with van der Waals surface area (Å²) in [5, 5.41) is 12.6. The number of hydrogen-bond donors (Lipinski definition) is 1. The molecule has 0 saturated carbocycles. The Morgan fingerprint density at radius 2 is 1.73 bits per heavy atom. The minimum absolute atomic E-state index is 0.0831. The van der Waals surface area contributed by atoms with Crippen LogP contribution in [0.1, 0.15) is 17.5 Å². The Kier molecular flexibility index (Phi) is 7.41. The second-order valence-electron chi connectivity index (χ2n) is 11.1. The van der Waals surface area contributed by atoms with E-state index in [1.165, 1.54) is 30.6 Å². The highest BCUT2D eigenvalue weighted by molar-refractivity contribution is 5.92. The van der Waals surface area contributed by atoms with E-state index < -0.39 is 17.2 Å². The molecule has 5 heterocycles. The van der Waals surface area contributed by atoms with Gasteiger partial charge in [-0.3, -0.25) is 4.98 Å². The van der Waals surface area contributed by atoms with Gasteiger partial charge in [-0.2, -0.15) is 10.2 Å². The van der Waals surface area contributed by atoms with Gasteiger partial charge < -0.3 is 10.1 Å². The van der Waals surface area contributed by atoms with Crippen LogP contribution in [0.4, 0.5) is 13.2 Å². The molecule has 2 aromatic carbocycles. The summed E-state index contributed by atoms with van der Waals surface area (Å²) >= 11 is 0. The third kappa shape index (κ3) is 5.47. The summed E-state index contributed by atoms with van der Waals surface area (Å²) < 4.78 is 52.1. The average molecular weight is 596 g/mol. The average Bonchev–Trinajstić information content (AvgIpc) is 3.78. The van der Waals surface area contributed by atoms with Crippen molar-refractivity contribution < 1.29 is 17.9 Å². The number of pyridine rings is 2. The molecule has 2 atom stereocenters. The van der Waals surface area contributed by atoms with Crippen molar-refractivity contribution in [1.82, 2.24) is 34.7 Å². The van der Waals surface area contributed by atoms with Crippen LogP contribution in [0.5, 0.6) is 0 Å². The summed E-state index contributed by atoms with van der Waals surface area (Å²) in [5.41, 5.74) is 4.73. The number of hydrogen-bond acceptors (Lipinski definition) is 6. The Morgan fingerprint density at radius 1 is 0.909 bits per heavy atom. The second kappa shape index (κ2) is 11.7. The molecule has 1 aliphatic heterocycles. The van der Waals surface area contributed by atoms with Crippen LogP contribution in [0.15, 0.2) is 98.0 Å². The number of aromatic nitrogens is 6. The summed E-state index contributed by atoms with van der Waals surface area (Å²) in [6.45, 7) is 1.87. The van der Waals surface area contributed by atoms with Crippen molar-refractivity contribution in [2.24, 2.45) is 5.92 Å². The fourth-order valence-corrected chi connectivity index (χ4v) is 6.04. The lowest BCUT2D eigenvalue weighted by molar-refractivity contribution is -0.0204. The number of benzene rings is 2. The normalized spacial score (nSPS) is 18.3. The Hall–Kier alpha value is -4.87. The zero-order valence-electron chi connectivity index (χ0n) is 23.6. The number of halogens is 3. The lowest BCUT2D eigenvalue weighted by Crippen LogP contribution is -2.33. The first kappa shape index (κ1) is 27.9. The van der Waals surface area contributed by atoms with E-state index in [-0.39, 0.29) is 18.3 Å². The van der Waals surface area contributed by atoms with E-state index >= 15 is 0 Å². The summed E-state index contributed by atoms with van der Waals surface area (Å²) in [5.74, 6) is -1.50. The molecule has 8 nitrogen and oxygen atoms in total. The highest BCUT2D eigenvalue weighted by atomic mass is 19.1. The Morgan fingerprint density at radius 3 is 2.50 bits per heavy atom. The van der Waals surface area contributed by atoms with Gasteiger partial charge in [0, 0.05) is 54.4 Å². The van der Waals surface area contributed by atoms with Gasteiger partial charge in [0.1, 0.15) is 41.4 Å². The molecule has 0 spiro atoms. The summed E-state index contributed by atoms with van der Waals surface area (Å²) in [7, 11) is 0. The van der Waals surface area contributed by atoms with Crippen LogP contribution in [0.2, 0.25) is 0 Å². The van der Waals surface area contributed by atoms with Gasteiger partial charge in [-0.1, -0.05) is 12.1 Å². The van der Waals surface area contributed by atoms with E-state index in [9.17, 15) is 13.2 Å². The number of nitrogens with zero attached hydrogens (tertiary/aromatic N) is 6. The summed E-state index contributed by atoms with van der Waals surface area (Å²) in [6, 6.07) is 17.9. The third-order valence-corrected chi connectivity index (χ3v) is 8.06. The predicted molar refractivity (Wildman–Crippen MR) is 158 cm³/mol. The van der Waals surface area contributed by atoms with Gasteiger partial charge in [-0.25, -0.2) is 27.4 Å². The van der Waals surface area contributed by atoms with E-state index in [0.717, 1.165) is 39.5 Å². The topological polar surface area (TPSA) is 82.2 Å². The van der Waals surface area contributed by atoms with Gasteiger partial charge in [0.25, 0.3) is 0 Å². The molecule has 0 amide bonds. The van der Waals surface area contributed by atoms with Gasteiger partial charge in [-0.05, 0) is 72.0 Å². The molecule has 222 valence electrons. The van der Waals surface area contributed by atoms with Gasteiger partial charge in [0.15, 0.2) is 0 Å². The van der Waals surface area contributed by atoms with Crippen LogP contribution in [0.3, 0.4) is 0 Å². The molecule has 6 aromatic rings. The maximum absolute atomic E-state index is 15.0. The van der Waals surface area contributed by atoms with E-state index in [2.05, 4.69) is 26.4 Å². The number of fused-ring (bicyclic) bond motifs is 1. The van der Waals surface area contributed by atoms with Crippen molar-refractivity contribution in [3.8, 4) is 22.4 Å². The largest absolute Gasteiger partial charge is 0.368 e. The molecule has 0 aliphatic carbocycles. The monoisotopic (exact) mass is 595 g/mol. The maximum atomic E-state index is 15.0. The smallest absolute Gasteiger partial charge is 0.137 e. The first-order valence-corrected chi connectivity index (χ1v) is 14.3. The van der Waals surface area contributed by atoms with Gasteiger partial charge in [0.05, 0.1) is 18.7 Å². The predicted octanol–water partition coefficient (Wildman–Crippen LogP) is 5.79. The Balaban J connectivity index is 1.10. The summed E-state index contributed by atoms with van der Waals surface area (Å²) in [6.07, 6.45) is 8.96. The van der Waals surface area contributed by atoms with E-state index in [4.69, 9.17) is 9.84 Å². The van der Waals surface area contributed by atoms with Crippen molar-refractivity contribution in [2.45, 2.75) is 25.1 Å². The lowest BCUT2D eigenvalue weighted by atomic mass is 9.86. The van der Waals surface area contributed by atoms with Crippen LogP contribution in [0.25, 0.3) is 27.9 Å². The second-order valence-corrected chi connectivity index (χ2v) is 11.1. The fourth-order valence-electron chi connectivity index (χ4n) is 6.04. The van der Waals surface area contributed by atoms with Gasteiger partial charge >= 0.3 is 0 Å². The first-order valence-electron chi connectivity index (χ1n) is 14.3. The molecule has 1 aliphatic rings. The minimum atomic E-state index is -0.994. The summed E-state index contributed by atoms with van der Waals surface area (Å²) in [4.78, 5) is 8.15. The van der Waals surface area contributed by atoms with Gasteiger partial charge in [-0.15, -0.1) is 0 Å². The Labute approximate surface area is 251 Å². The molecule has 1 saturated heterocycles. The quantitative estimate of drug-likeness (QED) is 0.228. The molecule has 0 bridgehead atoms. The fraction of sp³-hybridized carbons (Fsp3) is 0.212. The standard InChI is InChI=1S/C33H28F3N7O/c34-26-4-2-25(3-5-26)32-31(24-9-11-37-12-10-24)30-8-1-22(17-43(30)41-32)15-38-16-23-14-33(44-18-23,19-42-21-39-20-40-42)28-7-6-27(35)13-29(28)36/h1-13,17,20-21,23,38H,14-16,18-19H2/t23-,33-/m1/s1. The molecule has 7 rings (SSSR count). The zero-order valence-corrected chi connectivity index (χ0v) is 23.6. The third-order valence-electron chi connectivity index (χ3n) is 8.06. The molecule has 11 heteroatoms. The van der Waals surface area contributed by atoms with E-state index in [1.54, 1.807) is 35.5 Å².